The van der Waals surface area contributed by atoms with Gasteiger partial charge in [0.25, 0.3) is 0 Å². The molecule has 2 saturated heterocycles. The Kier molecular flexibility index (Phi) is 15.9. The zero-order valence-electron chi connectivity index (χ0n) is 29.0. The van der Waals surface area contributed by atoms with Gasteiger partial charge in [0.05, 0.1) is 24.2 Å². The normalized spacial score (nSPS) is 21.6. The Morgan fingerprint density at radius 3 is 2.32 bits per heavy atom. The molecular formula is C35H57IN6O5. The van der Waals surface area contributed by atoms with Crippen molar-refractivity contribution < 1.29 is 24.3 Å². The molecule has 1 aromatic rings. The van der Waals surface area contributed by atoms with E-state index < -0.39 is 30.1 Å². The number of aliphatic hydroxyl groups excluding tert-OH is 1. The third-order valence-corrected chi connectivity index (χ3v) is 10.0. The fourth-order valence-corrected chi connectivity index (χ4v) is 7.01. The van der Waals surface area contributed by atoms with E-state index >= 15 is 0 Å². The van der Waals surface area contributed by atoms with Gasteiger partial charge in [-0.3, -0.25) is 24.1 Å². The first-order valence-electron chi connectivity index (χ1n) is 17.4. The Morgan fingerprint density at radius 2 is 1.70 bits per heavy atom. The van der Waals surface area contributed by atoms with Crippen LogP contribution in [0.3, 0.4) is 0 Å². The van der Waals surface area contributed by atoms with E-state index in [0.29, 0.717) is 32.4 Å². The highest BCUT2D eigenvalue weighted by Crippen LogP contribution is 2.21. The molecule has 47 heavy (non-hydrogen) atoms. The van der Waals surface area contributed by atoms with Crippen LogP contribution in [0.15, 0.2) is 24.3 Å². The Morgan fingerprint density at radius 1 is 0.979 bits per heavy atom. The van der Waals surface area contributed by atoms with Gasteiger partial charge in [-0.05, 0) is 103 Å². The maximum atomic E-state index is 13.8. The number of nitrogens with zero attached hydrogens (tertiary/aromatic N) is 1. The van der Waals surface area contributed by atoms with Gasteiger partial charge in [-0.25, -0.2) is 0 Å². The highest BCUT2D eigenvalue weighted by atomic mass is 127. The lowest BCUT2D eigenvalue weighted by molar-refractivity contribution is -0.134. The molecule has 0 bridgehead atoms. The highest BCUT2D eigenvalue weighted by Gasteiger charge is 2.37. The molecule has 0 aliphatic carbocycles. The van der Waals surface area contributed by atoms with Gasteiger partial charge in [-0.2, -0.15) is 0 Å². The molecule has 264 valence electrons. The number of likely N-dealkylation sites (tertiary alicyclic amines) is 1. The van der Waals surface area contributed by atoms with Crippen LogP contribution in [0.5, 0.6) is 0 Å². The van der Waals surface area contributed by atoms with Crippen molar-refractivity contribution in [2.75, 3.05) is 19.6 Å². The molecule has 0 spiro atoms. The number of hydrogen-bond donors (Lipinski definition) is 6. The van der Waals surface area contributed by atoms with Gasteiger partial charge >= 0.3 is 0 Å². The minimum absolute atomic E-state index is 0.0620. The summed E-state index contributed by atoms with van der Waals surface area (Å²) >= 11 is 2.25. The van der Waals surface area contributed by atoms with E-state index in [9.17, 15) is 24.3 Å². The van der Waals surface area contributed by atoms with Crippen LogP contribution in [0.1, 0.15) is 85.6 Å². The van der Waals surface area contributed by atoms with Crippen LogP contribution in [-0.4, -0.2) is 89.6 Å². The number of benzene rings is 1. The van der Waals surface area contributed by atoms with Crippen LogP contribution in [0.25, 0.3) is 0 Å². The molecular weight excluding hydrogens is 711 g/mol. The second-order valence-corrected chi connectivity index (χ2v) is 15.3. The van der Waals surface area contributed by atoms with Crippen molar-refractivity contribution in [2.24, 2.45) is 17.8 Å². The summed E-state index contributed by atoms with van der Waals surface area (Å²) in [5, 5.41) is 26.6. The lowest BCUT2D eigenvalue weighted by Gasteiger charge is -2.33. The topological polar surface area (TPSA) is 152 Å². The molecule has 0 unspecified atom stereocenters. The van der Waals surface area contributed by atoms with Crippen molar-refractivity contribution in [1.82, 2.24) is 31.5 Å². The second-order valence-electron chi connectivity index (χ2n) is 14.1. The number of aliphatic hydroxyl groups is 1. The average Bonchev–Trinajstić information content (AvgIpc) is 3.73. The molecule has 2 fully saturated rings. The Bertz CT molecular complexity index is 1190. The van der Waals surface area contributed by atoms with Gasteiger partial charge in [-0.1, -0.05) is 60.1 Å². The molecule has 0 saturated carbocycles. The van der Waals surface area contributed by atoms with Crippen molar-refractivity contribution in [3.8, 4) is 0 Å². The molecule has 11 nitrogen and oxygen atoms in total. The maximum Gasteiger partial charge on any atom is 0.243 e. The standard InChI is InChI=1S/C35H57IN6O5/c1-7-23(6)31(41-34(46)30(22(4)5)40-32(44)26-13-9-15-37-26)35(47)39-27(17-21(2)3)29(43)20-42-16-10-14-28(42)33(45)38-19-24-11-8-12-25(36)18-24/h8,11-12,18,21-23,26-31,37,43H,7,9-10,13-17,19-20H2,1-6H3,(H,38,45)(H,39,47)(H,40,44)(H,41,46)/t23-,26-,27+,28-,29+,30-,31-/m0/s1. The molecule has 4 amide bonds. The lowest BCUT2D eigenvalue weighted by Crippen LogP contribution is -2.60. The van der Waals surface area contributed by atoms with Gasteiger partial charge in [0.2, 0.25) is 23.6 Å². The number of hydrogen-bond acceptors (Lipinski definition) is 7. The van der Waals surface area contributed by atoms with E-state index in [-0.39, 0.29) is 54.1 Å². The quantitative estimate of drug-likeness (QED) is 0.134. The lowest BCUT2D eigenvalue weighted by atomic mass is 9.94. The minimum atomic E-state index is -0.916. The molecule has 1 aromatic carbocycles. The molecule has 2 aliphatic rings. The van der Waals surface area contributed by atoms with E-state index in [1.165, 1.54) is 0 Å². The molecule has 7 atom stereocenters. The summed E-state index contributed by atoms with van der Waals surface area (Å²) in [6.07, 6.45) is 3.46. The number of carbonyl (C=O) groups excluding carboxylic acids is 4. The van der Waals surface area contributed by atoms with Gasteiger partial charge < -0.3 is 31.7 Å². The highest BCUT2D eigenvalue weighted by molar-refractivity contribution is 14.1. The van der Waals surface area contributed by atoms with Crippen LogP contribution >= 0.6 is 22.6 Å². The number of carbonyl (C=O) groups is 4. The van der Waals surface area contributed by atoms with Crippen molar-refractivity contribution in [3.63, 3.8) is 0 Å². The van der Waals surface area contributed by atoms with Gasteiger partial charge in [0, 0.05) is 16.7 Å². The molecule has 2 heterocycles. The third kappa shape index (κ3) is 12.0. The summed E-state index contributed by atoms with van der Waals surface area (Å²) in [6.45, 7) is 13.8. The van der Waals surface area contributed by atoms with Crippen LogP contribution in [0.2, 0.25) is 0 Å². The van der Waals surface area contributed by atoms with E-state index in [1.54, 1.807) is 0 Å². The Balaban J connectivity index is 1.66. The summed E-state index contributed by atoms with van der Waals surface area (Å²) in [6, 6.07) is 5.14. The maximum absolute atomic E-state index is 13.8. The second kappa shape index (κ2) is 19.0. The smallest absolute Gasteiger partial charge is 0.243 e. The number of rotatable bonds is 17. The number of amides is 4. The van der Waals surface area contributed by atoms with E-state index in [0.717, 1.165) is 34.9 Å². The predicted molar refractivity (Wildman–Crippen MR) is 192 cm³/mol. The largest absolute Gasteiger partial charge is 0.390 e. The Hall–Kier alpha value is -2.29. The molecule has 0 aromatic heterocycles. The SMILES string of the molecule is CC[C@H](C)[C@H](NC(=O)[C@@H](NC(=O)[C@@H]1CCCN1)C(C)C)C(=O)N[C@H](CC(C)C)[C@H](O)CN1CCC[C@H]1C(=O)NCc1cccc(I)c1. The zero-order chi connectivity index (χ0) is 34.7. The summed E-state index contributed by atoms with van der Waals surface area (Å²) in [5.74, 6) is -1.21. The van der Waals surface area contributed by atoms with Crippen molar-refractivity contribution >= 4 is 46.2 Å². The number of β-amino-alcohol motifs (C(OH)–C–C–N with tert-alkyl or cyclic N) is 1. The van der Waals surface area contributed by atoms with E-state index in [2.05, 4.69) is 49.2 Å². The van der Waals surface area contributed by atoms with Crippen molar-refractivity contribution in [2.45, 2.75) is 123 Å². The first-order valence-corrected chi connectivity index (χ1v) is 18.5. The average molecular weight is 769 g/mol. The van der Waals surface area contributed by atoms with Crippen LogP contribution < -0.4 is 26.6 Å². The summed E-state index contributed by atoms with van der Waals surface area (Å²) in [7, 11) is 0. The van der Waals surface area contributed by atoms with E-state index in [4.69, 9.17) is 0 Å². The first kappa shape index (κ1) is 39.2. The molecule has 0 radical (unpaired) electrons. The van der Waals surface area contributed by atoms with Crippen LogP contribution in [0.4, 0.5) is 0 Å². The number of halogens is 1. The van der Waals surface area contributed by atoms with Crippen molar-refractivity contribution in [1.29, 1.82) is 0 Å². The third-order valence-electron chi connectivity index (χ3n) is 9.38. The predicted octanol–water partition coefficient (Wildman–Crippen LogP) is 2.69. The van der Waals surface area contributed by atoms with Gasteiger partial charge in [-0.15, -0.1) is 0 Å². The molecule has 3 rings (SSSR count). The Labute approximate surface area is 294 Å². The minimum Gasteiger partial charge on any atom is -0.390 e. The summed E-state index contributed by atoms with van der Waals surface area (Å²) in [5.41, 5.74) is 1.03. The fraction of sp³-hybridized carbons (Fsp3) is 0.714. The molecule has 12 heteroatoms. The molecule has 2 aliphatic heterocycles. The van der Waals surface area contributed by atoms with E-state index in [1.807, 2.05) is 70.7 Å². The van der Waals surface area contributed by atoms with Gasteiger partial charge in [0.15, 0.2) is 0 Å². The fourth-order valence-electron chi connectivity index (χ4n) is 6.40. The monoisotopic (exact) mass is 768 g/mol. The zero-order valence-corrected chi connectivity index (χ0v) is 31.1. The first-order chi connectivity index (χ1) is 22.3. The van der Waals surface area contributed by atoms with Crippen LogP contribution in [-0.2, 0) is 25.7 Å². The summed E-state index contributed by atoms with van der Waals surface area (Å²) < 4.78 is 1.11. The molecule has 6 N–H and O–H groups in total. The number of nitrogens with one attached hydrogen (secondary N) is 5. The van der Waals surface area contributed by atoms with Crippen LogP contribution in [0, 0.1) is 21.3 Å². The summed E-state index contributed by atoms with van der Waals surface area (Å²) in [4.78, 5) is 55.4. The van der Waals surface area contributed by atoms with Gasteiger partial charge in [0.1, 0.15) is 12.1 Å². The van der Waals surface area contributed by atoms with Crippen molar-refractivity contribution in [3.05, 3.63) is 33.4 Å².